The average Bonchev–Trinajstić information content (AvgIpc) is 3.67. The standard InChI is InChI=1S/C48H39N3.C8H9N.C2H6/c1-32-15-8-9-20-39(32)48(50-4)33(2)40-27-25-36(30-44(40)41-21-10-12-23-45(41)49-3)37-26-28-43-42-22-11-13-24-46(42)51(47(43)31-37)38-19-14-18-35(29-38)34-16-6-5-7-17-34;1-9-7-8-5-3-2-4-6-8;1-2/h5-31,49H,4H2,1-3H3;2-6H,1,7H2;1-2H3/b48-33-;;. The summed E-state index contributed by atoms with van der Waals surface area (Å²) < 4.78 is 2.41. The van der Waals surface area contributed by atoms with Gasteiger partial charge in [0.1, 0.15) is 0 Å². The van der Waals surface area contributed by atoms with Gasteiger partial charge in [-0.25, -0.2) is 0 Å². The number of fused-ring (bicyclic) bond motifs is 3. The van der Waals surface area contributed by atoms with Gasteiger partial charge in [-0.05, 0) is 114 Å². The molecule has 9 rings (SSSR count). The molecule has 1 N–H and O–H groups in total. The van der Waals surface area contributed by atoms with Gasteiger partial charge in [-0.3, -0.25) is 9.98 Å². The minimum atomic E-state index is 0.723. The lowest BCUT2D eigenvalue weighted by Crippen LogP contribution is -1.97. The molecule has 4 heteroatoms. The van der Waals surface area contributed by atoms with Crippen LogP contribution in [0.15, 0.2) is 204 Å². The maximum atomic E-state index is 4.58. The van der Waals surface area contributed by atoms with E-state index >= 15 is 0 Å². The maximum Gasteiger partial charge on any atom is 0.0732 e. The van der Waals surface area contributed by atoms with Gasteiger partial charge in [0.05, 0.1) is 23.3 Å². The first-order valence-electron chi connectivity index (χ1n) is 21.3. The number of aromatic nitrogens is 1. The predicted octanol–water partition coefficient (Wildman–Crippen LogP) is 15.6. The molecular formula is C58H54N4. The first-order valence-corrected chi connectivity index (χ1v) is 21.3. The number of allylic oxidation sites excluding steroid dienone is 1. The number of para-hydroxylation sites is 2. The molecule has 62 heavy (non-hydrogen) atoms. The van der Waals surface area contributed by atoms with E-state index in [1.807, 2.05) is 51.2 Å². The maximum absolute atomic E-state index is 4.58. The summed E-state index contributed by atoms with van der Waals surface area (Å²) in [5.41, 5.74) is 18.1. The minimum absolute atomic E-state index is 0.723. The Bertz CT molecular complexity index is 2990. The molecule has 0 fully saturated rings. The van der Waals surface area contributed by atoms with Gasteiger partial charge in [-0.2, -0.15) is 0 Å². The quantitative estimate of drug-likeness (QED) is 0.109. The van der Waals surface area contributed by atoms with Gasteiger partial charge in [0.25, 0.3) is 0 Å². The van der Waals surface area contributed by atoms with Gasteiger partial charge >= 0.3 is 0 Å². The Morgan fingerprint density at radius 2 is 1.15 bits per heavy atom. The molecule has 0 amide bonds. The number of hydrogen-bond acceptors (Lipinski definition) is 3. The summed E-state index contributed by atoms with van der Waals surface area (Å²) in [6.07, 6.45) is 0. The van der Waals surface area contributed by atoms with Crippen LogP contribution in [-0.4, -0.2) is 25.0 Å². The highest BCUT2D eigenvalue weighted by Crippen LogP contribution is 2.41. The molecule has 306 valence electrons. The normalized spacial score (nSPS) is 11.1. The van der Waals surface area contributed by atoms with Crippen LogP contribution < -0.4 is 5.32 Å². The average molecular weight is 807 g/mol. The number of rotatable bonds is 10. The summed E-state index contributed by atoms with van der Waals surface area (Å²) in [5.74, 6) is 0. The van der Waals surface area contributed by atoms with E-state index in [4.69, 9.17) is 0 Å². The van der Waals surface area contributed by atoms with Crippen molar-refractivity contribution in [3.63, 3.8) is 0 Å². The first-order chi connectivity index (χ1) is 30.5. The third-order valence-electron chi connectivity index (χ3n) is 11.2. The molecule has 0 saturated heterocycles. The smallest absolute Gasteiger partial charge is 0.0732 e. The Morgan fingerprint density at radius 3 is 1.89 bits per heavy atom. The Labute approximate surface area is 367 Å². The monoisotopic (exact) mass is 806 g/mol. The molecule has 0 spiro atoms. The van der Waals surface area contributed by atoms with E-state index in [2.05, 4.69) is 211 Å². The van der Waals surface area contributed by atoms with E-state index in [1.165, 1.54) is 44.1 Å². The van der Waals surface area contributed by atoms with Crippen LogP contribution in [0.2, 0.25) is 0 Å². The molecular weight excluding hydrogens is 753 g/mol. The summed E-state index contributed by atoms with van der Waals surface area (Å²) in [6, 6.07) is 68.8. The zero-order valence-electron chi connectivity index (χ0n) is 36.4. The van der Waals surface area contributed by atoms with Crippen molar-refractivity contribution in [2.75, 3.05) is 12.4 Å². The van der Waals surface area contributed by atoms with Crippen molar-refractivity contribution >= 4 is 52.2 Å². The molecule has 1 heterocycles. The van der Waals surface area contributed by atoms with Crippen molar-refractivity contribution in [2.45, 2.75) is 34.2 Å². The van der Waals surface area contributed by atoms with Gasteiger partial charge in [-0.15, -0.1) is 0 Å². The second-order valence-corrected chi connectivity index (χ2v) is 14.9. The van der Waals surface area contributed by atoms with Crippen LogP contribution in [0.4, 0.5) is 5.69 Å². The number of nitrogens with zero attached hydrogens (tertiary/aromatic N) is 3. The van der Waals surface area contributed by atoms with E-state index in [9.17, 15) is 0 Å². The molecule has 0 aliphatic rings. The van der Waals surface area contributed by atoms with Crippen LogP contribution in [0.25, 0.3) is 72.1 Å². The van der Waals surface area contributed by atoms with Crippen LogP contribution in [0.3, 0.4) is 0 Å². The van der Waals surface area contributed by atoms with Gasteiger partial charge < -0.3 is 9.88 Å². The molecule has 0 unspecified atom stereocenters. The SMILES string of the molecule is C=N/C(=C(/C)c1ccc(-c2ccc3c4ccccc4n(-c4cccc(-c5ccccc5)c4)c3c2)cc1-c1ccccc1NC)c1ccccc1C.C=NCc1ccccc1.CC. The number of nitrogens with one attached hydrogen (secondary N) is 1. The van der Waals surface area contributed by atoms with Crippen LogP contribution >= 0.6 is 0 Å². The second kappa shape index (κ2) is 20.1. The van der Waals surface area contributed by atoms with Crippen LogP contribution in [0, 0.1) is 6.92 Å². The Hall–Kier alpha value is -7.56. The molecule has 0 aliphatic carbocycles. The Morgan fingerprint density at radius 1 is 0.532 bits per heavy atom. The van der Waals surface area contributed by atoms with E-state index in [0.29, 0.717) is 0 Å². The van der Waals surface area contributed by atoms with Crippen molar-refractivity contribution in [1.29, 1.82) is 0 Å². The number of anilines is 1. The van der Waals surface area contributed by atoms with Crippen molar-refractivity contribution in [2.24, 2.45) is 9.98 Å². The fraction of sp³-hybridized carbons (Fsp3) is 0.103. The lowest BCUT2D eigenvalue weighted by atomic mass is 9.88. The predicted molar refractivity (Wildman–Crippen MR) is 271 cm³/mol. The lowest BCUT2D eigenvalue weighted by Gasteiger charge is -2.18. The summed E-state index contributed by atoms with van der Waals surface area (Å²) in [4.78, 5) is 8.34. The highest BCUT2D eigenvalue weighted by Gasteiger charge is 2.18. The number of hydrogen-bond donors (Lipinski definition) is 1. The molecule has 0 saturated carbocycles. The minimum Gasteiger partial charge on any atom is -0.388 e. The molecule has 4 nitrogen and oxygen atoms in total. The molecule has 8 aromatic carbocycles. The number of aliphatic imine (C=N–C) groups is 2. The van der Waals surface area contributed by atoms with Crippen molar-refractivity contribution in [1.82, 2.24) is 4.57 Å². The van der Waals surface area contributed by atoms with Gasteiger partial charge in [0.15, 0.2) is 0 Å². The summed E-state index contributed by atoms with van der Waals surface area (Å²) in [6.45, 7) is 16.4. The zero-order chi connectivity index (χ0) is 43.4. The van der Waals surface area contributed by atoms with Gasteiger partial charge in [0.2, 0.25) is 0 Å². The lowest BCUT2D eigenvalue weighted by molar-refractivity contribution is 1.08. The second-order valence-electron chi connectivity index (χ2n) is 14.9. The highest BCUT2D eigenvalue weighted by molar-refractivity contribution is 6.10. The van der Waals surface area contributed by atoms with Crippen LogP contribution in [0.5, 0.6) is 0 Å². The fourth-order valence-corrected chi connectivity index (χ4v) is 8.18. The summed E-state index contributed by atoms with van der Waals surface area (Å²) >= 11 is 0. The zero-order valence-corrected chi connectivity index (χ0v) is 36.4. The van der Waals surface area contributed by atoms with Crippen LogP contribution in [0.1, 0.15) is 43.0 Å². The first kappa shape index (κ1) is 42.6. The van der Waals surface area contributed by atoms with Crippen molar-refractivity contribution in [3.05, 3.63) is 216 Å². The third kappa shape index (κ3) is 8.96. The van der Waals surface area contributed by atoms with E-state index in [0.717, 1.165) is 62.6 Å². The largest absolute Gasteiger partial charge is 0.388 e. The molecule has 0 bridgehead atoms. The Balaban J connectivity index is 0.000000464. The molecule has 0 radical (unpaired) electrons. The molecule has 0 aliphatic heterocycles. The molecule has 9 aromatic rings. The summed E-state index contributed by atoms with van der Waals surface area (Å²) in [7, 11) is 1.98. The number of aryl methyl sites for hydroxylation is 1. The van der Waals surface area contributed by atoms with Gasteiger partial charge in [-0.1, -0.05) is 172 Å². The third-order valence-corrected chi connectivity index (χ3v) is 11.2. The summed E-state index contributed by atoms with van der Waals surface area (Å²) in [5, 5.41) is 5.90. The topological polar surface area (TPSA) is 41.7 Å². The van der Waals surface area contributed by atoms with E-state index in [-0.39, 0.29) is 0 Å². The van der Waals surface area contributed by atoms with Crippen molar-refractivity contribution in [3.8, 4) is 39.1 Å². The Kier molecular flexibility index (Phi) is 13.8. The van der Waals surface area contributed by atoms with Crippen molar-refractivity contribution < 1.29 is 0 Å². The highest BCUT2D eigenvalue weighted by atomic mass is 15.0. The van der Waals surface area contributed by atoms with Crippen LogP contribution in [-0.2, 0) is 6.54 Å². The fourth-order valence-electron chi connectivity index (χ4n) is 8.18. The number of benzene rings is 8. The van der Waals surface area contributed by atoms with Gasteiger partial charge in [0, 0.05) is 40.3 Å². The molecule has 1 aromatic heterocycles. The van der Waals surface area contributed by atoms with E-state index in [1.54, 1.807) is 0 Å². The van der Waals surface area contributed by atoms with E-state index < -0.39 is 0 Å². The molecule has 0 atom stereocenters.